The van der Waals surface area contributed by atoms with Gasteiger partial charge in [0.25, 0.3) is 0 Å². The molecule has 0 aliphatic carbocycles. The number of aromatic nitrogens is 1. The second-order valence-electron chi connectivity index (χ2n) is 2.64. The van der Waals surface area contributed by atoms with Gasteiger partial charge >= 0.3 is 0 Å². The quantitative estimate of drug-likeness (QED) is 0.496. The van der Waals surface area contributed by atoms with Crippen molar-refractivity contribution in [2.75, 3.05) is 6.26 Å². The minimum Gasteiger partial charge on any atom is -0.231 e. The maximum absolute atomic E-state index is 8.58. The summed E-state index contributed by atoms with van der Waals surface area (Å²) in [6, 6.07) is 8.08. The van der Waals surface area contributed by atoms with E-state index in [1.165, 1.54) is 15.5 Å². The second kappa shape index (κ2) is 4.22. The Hall–Kier alpha value is -0.700. The highest BCUT2D eigenvalue weighted by atomic mass is 33.1. The van der Waals surface area contributed by atoms with Crippen LogP contribution in [0.1, 0.15) is 0 Å². The smallest absolute Gasteiger partial charge is 0.143 e. The van der Waals surface area contributed by atoms with Crippen LogP contribution in [0.2, 0.25) is 0 Å². The van der Waals surface area contributed by atoms with Gasteiger partial charge in [0, 0.05) is 10.8 Å². The first kappa shape index (κ1) is 9.84. The van der Waals surface area contributed by atoms with Crippen LogP contribution in [-0.4, -0.2) is 11.2 Å². The third-order valence-electron chi connectivity index (χ3n) is 1.73. The van der Waals surface area contributed by atoms with Crippen LogP contribution in [0.3, 0.4) is 0 Å². The molecule has 2 nitrogen and oxygen atoms in total. The van der Waals surface area contributed by atoms with E-state index < -0.39 is 9.93 Å². The molecule has 0 fully saturated rings. The van der Waals surface area contributed by atoms with Crippen molar-refractivity contribution in [3.05, 3.63) is 24.3 Å². The monoisotopic (exact) mass is 240 g/mol. The van der Waals surface area contributed by atoms with E-state index >= 15 is 0 Å². The molecule has 5 heteroatoms. The van der Waals surface area contributed by atoms with E-state index in [2.05, 4.69) is 22.7 Å². The predicted molar refractivity (Wildman–Crippen MR) is 66.0 cm³/mol. The summed E-state index contributed by atoms with van der Waals surface area (Å²) in [6.45, 7) is 0. The first-order valence-electron chi connectivity index (χ1n) is 3.96. The lowest BCUT2D eigenvalue weighted by molar-refractivity contribution is 1.31. The molecule has 0 amide bonds. The number of nitrogens with zero attached hydrogens (tertiary/aromatic N) is 2. The third-order valence-corrected chi connectivity index (χ3v) is 6.59. The number of thiazole rings is 1. The van der Waals surface area contributed by atoms with Gasteiger partial charge in [0.2, 0.25) is 0 Å². The molecule has 0 bridgehead atoms. The number of rotatable bonds is 2. The molecule has 0 aliphatic heterocycles. The van der Waals surface area contributed by atoms with E-state index in [4.69, 9.17) is 5.26 Å². The summed E-state index contributed by atoms with van der Waals surface area (Å²) >= 11 is 1.69. The fourth-order valence-corrected chi connectivity index (χ4v) is 4.45. The zero-order valence-electron chi connectivity index (χ0n) is 7.47. The minimum atomic E-state index is -0.460. The zero-order valence-corrected chi connectivity index (χ0v) is 9.99. The highest BCUT2D eigenvalue weighted by molar-refractivity contribution is 8.86. The van der Waals surface area contributed by atoms with E-state index in [0.29, 0.717) is 0 Å². The van der Waals surface area contributed by atoms with Gasteiger partial charge in [-0.1, -0.05) is 12.1 Å². The molecule has 0 N–H and O–H groups in total. The molecule has 0 saturated carbocycles. The maximum Gasteiger partial charge on any atom is 0.143 e. The molecule has 14 heavy (non-hydrogen) atoms. The molecule has 0 radical (unpaired) electrons. The lowest BCUT2D eigenvalue weighted by Gasteiger charge is -2.03. The van der Waals surface area contributed by atoms with E-state index in [-0.39, 0.29) is 0 Å². The number of thiol groups is 1. The van der Waals surface area contributed by atoms with Gasteiger partial charge in [0.1, 0.15) is 9.74 Å². The SMILES string of the molecule is C[SH](SC#N)c1nc2ccccc2s1. The summed E-state index contributed by atoms with van der Waals surface area (Å²) < 4.78 is 2.29. The predicted octanol–water partition coefficient (Wildman–Crippen LogP) is 3.42. The number of hydrogen-bond acceptors (Lipinski definition) is 4. The number of nitriles is 1. The normalized spacial score (nSPS) is 13.9. The van der Waals surface area contributed by atoms with Crippen molar-refractivity contribution in [3.8, 4) is 5.40 Å². The largest absolute Gasteiger partial charge is 0.231 e. The summed E-state index contributed by atoms with van der Waals surface area (Å²) in [6.07, 6.45) is 2.07. The molecular weight excluding hydrogens is 232 g/mol. The van der Waals surface area contributed by atoms with Crippen LogP contribution in [0.4, 0.5) is 0 Å². The third kappa shape index (κ3) is 1.87. The van der Waals surface area contributed by atoms with Crippen LogP contribution >= 0.6 is 32.1 Å². The van der Waals surface area contributed by atoms with Crippen molar-refractivity contribution >= 4 is 42.3 Å². The molecule has 1 heterocycles. The highest BCUT2D eigenvalue weighted by Gasteiger charge is 2.07. The van der Waals surface area contributed by atoms with Crippen LogP contribution in [0, 0.1) is 10.7 Å². The van der Waals surface area contributed by atoms with Crippen molar-refractivity contribution in [1.82, 2.24) is 4.98 Å². The summed E-state index contributed by atoms with van der Waals surface area (Å²) in [4.78, 5) is 4.51. The van der Waals surface area contributed by atoms with Crippen molar-refractivity contribution in [3.63, 3.8) is 0 Å². The summed E-state index contributed by atoms with van der Waals surface area (Å²) in [5.41, 5.74) is 1.04. The Labute approximate surface area is 92.7 Å². The summed E-state index contributed by atoms with van der Waals surface area (Å²) in [5, 5.41) is 10.7. The van der Waals surface area contributed by atoms with Crippen LogP contribution in [-0.2, 0) is 0 Å². The van der Waals surface area contributed by atoms with Crippen molar-refractivity contribution in [2.24, 2.45) is 0 Å². The number of thiocyanates is 1. The Bertz CT molecular complexity index is 453. The zero-order chi connectivity index (χ0) is 9.97. The van der Waals surface area contributed by atoms with Crippen molar-refractivity contribution < 1.29 is 0 Å². The molecule has 1 aromatic heterocycles. The van der Waals surface area contributed by atoms with Gasteiger partial charge < -0.3 is 0 Å². The van der Waals surface area contributed by atoms with E-state index in [9.17, 15) is 0 Å². The molecule has 1 aromatic carbocycles. The Kier molecular flexibility index (Phi) is 2.96. The maximum atomic E-state index is 8.58. The highest BCUT2D eigenvalue weighted by Crippen LogP contribution is 2.47. The van der Waals surface area contributed by atoms with Crippen LogP contribution in [0.5, 0.6) is 0 Å². The molecule has 72 valence electrons. The van der Waals surface area contributed by atoms with E-state index in [0.717, 1.165) is 9.86 Å². The van der Waals surface area contributed by atoms with Gasteiger partial charge in [0.15, 0.2) is 0 Å². The average molecular weight is 240 g/mol. The lowest BCUT2D eigenvalue weighted by atomic mass is 10.3. The molecular formula is C9H8N2S3. The Morgan fingerprint density at radius 1 is 1.50 bits per heavy atom. The number of fused-ring (bicyclic) bond motifs is 1. The van der Waals surface area contributed by atoms with Gasteiger partial charge in [-0.3, -0.25) is 0 Å². The van der Waals surface area contributed by atoms with E-state index in [1.807, 2.05) is 18.2 Å². The molecule has 0 aliphatic rings. The van der Waals surface area contributed by atoms with Gasteiger partial charge in [-0.2, -0.15) is 5.26 Å². The average Bonchev–Trinajstić information content (AvgIpc) is 2.61. The lowest BCUT2D eigenvalue weighted by Crippen LogP contribution is -1.71. The van der Waals surface area contributed by atoms with Crippen molar-refractivity contribution in [2.45, 2.75) is 4.34 Å². The standard InChI is InChI=1S/C9H8N2S3/c1-14(12-6-10)9-11-7-4-2-3-5-8(7)13-9/h2-5,14H,1H3. The topological polar surface area (TPSA) is 36.7 Å². The summed E-state index contributed by atoms with van der Waals surface area (Å²) in [7, 11) is 0.858. The first-order chi connectivity index (χ1) is 6.81. The minimum absolute atomic E-state index is 0.460. The fourth-order valence-electron chi connectivity index (χ4n) is 1.10. The van der Waals surface area contributed by atoms with E-state index in [1.54, 1.807) is 11.3 Å². The number of benzene rings is 1. The molecule has 1 unspecified atom stereocenters. The first-order valence-corrected chi connectivity index (χ1v) is 7.99. The van der Waals surface area contributed by atoms with Gasteiger partial charge in [-0.25, -0.2) is 4.98 Å². The van der Waals surface area contributed by atoms with Crippen LogP contribution in [0.15, 0.2) is 28.6 Å². The summed E-state index contributed by atoms with van der Waals surface area (Å²) in [5.74, 6) is 0. The Morgan fingerprint density at radius 2 is 2.29 bits per heavy atom. The van der Waals surface area contributed by atoms with Crippen LogP contribution in [0.25, 0.3) is 10.2 Å². The van der Waals surface area contributed by atoms with Gasteiger partial charge in [-0.05, 0) is 18.4 Å². The fraction of sp³-hybridized carbons (Fsp3) is 0.111. The molecule has 0 spiro atoms. The van der Waals surface area contributed by atoms with Gasteiger partial charge in [-0.15, -0.1) is 21.3 Å². The number of hydrogen-bond donors (Lipinski definition) is 1. The van der Waals surface area contributed by atoms with Crippen molar-refractivity contribution in [1.29, 1.82) is 5.26 Å². The Morgan fingerprint density at radius 3 is 3.00 bits per heavy atom. The number of para-hydroxylation sites is 1. The second-order valence-corrected chi connectivity index (χ2v) is 7.95. The van der Waals surface area contributed by atoms with Gasteiger partial charge in [0.05, 0.1) is 10.2 Å². The molecule has 1 atom stereocenters. The Balaban J connectivity index is 2.41. The van der Waals surface area contributed by atoms with Crippen LogP contribution < -0.4 is 0 Å². The molecule has 2 aromatic rings. The molecule has 0 saturated heterocycles. The molecule has 2 rings (SSSR count).